The van der Waals surface area contributed by atoms with E-state index in [1.54, 1.807) is 19.2 Å². The van der Waals surface area contributed by atoms with E-state index in [4.69, 9.17) is 9.47 Å². The van der Waals surface area contributed by atoms with Gasteiger partial charge in [0.15, 0.2) is 17.3 Å². The van der Waals surface area contributed by atoms with Gasteiger partial charge in [-0.05, 0) is 38.5 Å². The van der Waals surface area contributed by atoms with Crippen LogP contribution in [0.4, 0.5) is 10.2 Å². The Kier molecular flexibility index (Phi) is 5.49. The second-order valence-electron chi connectivity index (χ2n) is 6.00. The molecular formula is C20H20FN3O3. The lowest BCUT2D eigenvalue weighted by molar-refractivity contribution is -0.112. The molecule has 0 bridgehead atoms. The van der Waals surface area contributed by atoms with E-state index in [1.165, 1.54) is 19.2 Å². The average Bonchev–Trinajstić information content (AvgIpc) is 2.66. The van der Waals surface area contributed by atoms with Crippen LogP contribution >= 0.6 is 0 Å². The summed E-state index contributed by atoms with van der Waals surface area (Å²) in [6.45, 7) is 5.92. The number of allylic oxidation sites excluding steroid dienone is 2. The third kappa shape index (κ3) is 4.13. The van der Waals surface area contributed by atoms with Crippen molar-refractivity contribution in [1.29, 1.82) is 0 Å². The summed E-state index contributed by atoms with van der Waals surface area (Å²) >= 11 is 0. The summed E-state index contributed by atoms with van der Waals surface area (Å²) in [7, 11) is 0. The summed E-state index contributed by atoms with van der Waals surface area (Å²) < 4.78 is 24.7. The molecule has 0 saturated carbocycles. The summed E-state index contributed by atoms with van der Waals surface area (Å²) in [4.78, 5) is 20.7. The molecule has 1 aromatic heterocycles. The van der Waals surface area contributed by atoms with E-state index in [2.05, 4.69) is 15.3 Å². The van der Waals surface area contributed by atoms with Crippen molar-refractivity contribution >= 4 is 11.7 Å². The fourth-order valence-corrected chi connectivity index (χ4v) is 2.70. The predicted octanol–water partition coefficient (Wildman–Crippen LogP) is 3.98. The van der Waals surface area contributed by atoms with Gasteiger partial charge in [-0.1, -0.05) is 12.2 Å². The minimum atomic E-state index is -0.578. The zero-order chi connectivity index (χ0) is 19.4. The number of carbonyl (C=O) groups excluding carboxylic acids is 1. The molecule has 0 saturated heterocycles. The molecule has 1 aromatic carbocycles. The molecule has 140 valence electrons. The molecule has 0 radical (unpaired) electrons. The SMILES string of the molecule is C/C=C\C(C(=O)Nc1cnc(-c2cc3c(cc2C)OCCO3)cn1)=C(/C)F. The van der Waals surface area contributed by atoms with Crippen LogP contribution in [0.1, 0.15) is 19.4 Å². The van der Waals surface area contributed by atoms with Crippen molar-refractivity contribution in [1.82, 2.24) is 9.97 Å². The fraction of sp³-hybridized carbons (Fsp3) is 0.250. The second kappa shape index (κ2) is 7.99. The molecule has 1 N–H and O–H groups in total. The highest BCUT2D eigenvalue weighted by Crippen LogP contribution is 2.36. The van der Waals surface area contributed by atoms with Crippen LogP contribution in [0.2, 0.25) is 0 Å². The minimum Gasteiger partial charge on any atom is -0.486 e. The van der Waals surface area contributed by atoms with Gasteiger partial charge in [0.1, 0.15) is 19.0 Å². The number of nitrogens with zero attached hydrogens (tertiary/aromatic N) is 2. The fourth-order valence-electron chi connectivity index (χ4n) is 2.70. The van der Waals surface area contributed by atoms with Gasteiger partial charge in [-0.2, -0.15) is 0 Å². The van der Waals surface area contributed by atoms with Gasteiger partial charge in [-0.25, -0.2) is 9.37 Å². The Morgan fingerprint density at radius 1 is 1.19 bits per heavy atom. The van der Waals surface area contributed by atoms with Gasteiger partial charge in [-0.15, -0.1) is 0 Å². The first kappa shape index (κ1) is 18.6. The van der Waals surface area contributed by atoms with E-state index < -0.39 is 11.7 Å². The number of anilines is 1. The van der Waals surface area contributed by atoms with Gasteiger partial charge in [0.25, 0.3) is 5.91 Å². The highest BCUT2D eigenvalue weighted by molar-refractivity contribution is 6.05. The van der Waals surface area contributed by atoms with Crippen LogP contribution in [-0.2, 0) is 4.79 Å². The van der Waals surface area contributed by atoms with Gasteiger partial charge in [0.05, 0.1) is 23.7 Å². The number of amides is 1. The maximum absolute atomic E-state index is 13.5. The maximum Gasteiger partial charge on any atom is 0.259 e. The van der Waals surface area contributed by atoms with Crippen molar-refractivity contribution in [2.24, 2.45) is 0 Å². The van der Waals surface area contributed by atoms with Crippen molar-refractivity contribution in [2.75, 3.05) is 18.5 Å². The summed E-state index contributed by atoms with van der Waals surface area (Å²) in [6.07, 6.45) is 5.99. The number of hydrogen-bond donors (Lipinski definition) is 1. The molecule has 1 amide bonds. The number of aryl methyl sites for hydroxylation is 1. The second-order valence-corrected chi connectivity index (χ2v) is 6.00. The number of nitrogens with one attached hydrogen (secondary N) is 1. The number of aromatic nitrogens is 2. The van der Waals surface area contributed by atoms with Gasteiger partial charge >= 0.3 is 0 Å². The number of rotatable bonds is 4. The van der Waals surface area contributed by atoms with Gasteiger partial charge < -0.3 is 14.8 Å². The monoisotopic (exact) mass is 369 g/mol. The van der Waals surface area contributed by atoms with Crippen LogP contribution in [0.15, 0.2) is 48.1 Å². The molecule has 3 rings (SSSR count). The van der Waals surface area contributed by atoms with Crippen molar-refractivity contribution in [3.8, 4) is 22.8 Å². The van der Waals surface area contributed by atoms with Crippen LogP contribution in [-0.4, -0.2) is 29.1 Å². The van der Waals surface area contributed by atoms with E-state index in [9.17, 15) is 9.18 Å². The van der Waals surface area contributed by atoms with Crippen molar-refractivity contribution < 1.29 is 18.7 Å². The van der Waals surface area contributed by atoms with Gasteiger partial charge in [-0.3, -0.25) is 9.78 Å². The smallest absolute Gasteiger partial charge is 0.259 e. The summed E-state index contributed by atoms with van der Waals surface area (Å²) in [6, 6.07) is 3.77. The van der Waals surface area contributed by atoms with Crippen molar-refractivity contribution in [3.05, 3.63) is 53.6 Å². The van der Waals surface area contributed by atoms with Crippen LogP contribution in [0.5, 0.6) is 11.5 Å². The first-order chi connectivity index (χ1) is 13.0. The number of halogens is 1. The molecule has 0 atom stereocenters. The zero-order valence-corrected chi connectivity index (χ0v) is 15.4. The molecule has 1 aliphatic rings. The van der Waals surface area contributed by atoms with Gasteiger partial charge in [0, 0.05) is 5.56 Å². The molecule has 7 heteroatoms. The number of benzene rings is 1. The zero-order valence-electron chi connectivity index (χ0n) is 15.4. The first-order valence-electron chi connectivity index (χ1n) is 8.52. The number of fused-ring (bicyclic) bond motifs is 1. The van der Waals surface area contributed by atoms with Crippen molar-refractivity contribution in [3.63, 3.8) is 0 Å². The minimum absolute atomic E-state index is 0.0499. The standard InChI is InChI=1S/C20H20FN3O3/c1-4-5-14(13(3)21)20(25)24-19-11-22-16(10-23-19)15-9-18-17(8-12(15)2)26-6-7-27-18/h4-5,8-11H,6-7H2,1-3H3,(H,23,24,25)/b5-4-,14-13-. The molecule has 0 spiro atoms. The number of hydrogen-bond acceptors (Lipinski definition) is 5. The maximum atomic E-state index is 13.5. The van der Waals surface area contributed by atoms with Gasteiger partial charge in [0.2, 0.25) is 0 Å². The molecule has 0 unspecified atom stereocenters. The highest BCUT2D eigenvalue weighted by atomic mass is 19.1. The molecular weight excluding hydrogens is 349 g/mol. The molecule has 2 aromatic rings. The van der Waals surface area contributed by atoms with Crippen molar-refractivity contribution in [2.45, 2.75) is 20.8 Å². The summed E-state index contributed by atoms with van der Waals surface area (Å²) in [5, 5.41) is 2.55. The normalized spacial score (nSPS) is 14.1. The summed E-state index contributed by atoms with van der Waals surface area (Å²) in [5.41, 5.74) is 2.41. The van der Waals surface area contributed by atoms with Crippen LogP contribution in [0.3, 0.4) is 0 Å². The molecule has 1 aliphatic heterocycles. The third-order valence-corrected chi connectivity index (χ3v) is 4.01. The highest BCUT2D eigenvalue weighted by Gasteiger charge is 2.16. The lowest BCUT2D eigenvalue weighted by Gasteiger charge is -2.20. The topological polar surface area (TPSA) is 73.3 Å². The Morgan fingerprint density at radius 3 is 2.48 bits per heavy atom. The molecule has 6 nitrogen and oxygen atoms in total. The summed E-state index contributed by atoms with van der Waals surface area (Å²) in [5.74, 6) is 0.472. The van der Waals surface area contributed by atoms with Crippen LogP contribution in [0.25, 0.3) is 11.3 Å². The Morgan fingerprint density at radius 2 is 1.89 bits per heavy atom. The van der Waals surface area contributed by atoms with E-state index in [0.717, 1.165) is 11.1 Å². The Bertz CT molecular complexity index is 917. The van der Waals surface area contributed by atoms with E-state index in [-0.39, 0.29) is 11.4 Å². The quantitative estimate of drug-likeness (QED) is 0.652. The van der Waals surface area contributed by atoms with E-state index in [1.807, 2.05) is 19.1 Å². The van der Waals surface area contributed by atoms with Crippen LogP contribution in [0, 0.1) is 6.92 Å². The lowest BCUT2D eigenvalue weighted by Crippen LogP contribution is -2.16. The number of ether oxygens (including phenoxy) is 2. The predicted molar refractivity (Wildman–Crippen MR) is 100 cm³/mol. The average molecular weight is 369 g/mol. The molecule has 27 heavy (non-hydrogen) atoms. The van der Waals surface area contributed by atoms with Crippen LogP contribution < -0.4 is 14.8 Å². The number of carbonyl (C=O) groups is 1. The molecule has 0 fully saturated rings. The Hall–Kier alpha value is -3.22. The molecule has 0 aliphatic carbocycles. The lowest BCUT2D eigenvalue weighted by atomic mass is 10.0. The Balaban J connectivity index is 1.82. The first-order valence-corrected chi connectivity index (χ1v) is 8.52. The van der Waals surface area contributed by atoms with E-state index in [0.29, 0.717) is 30.4 Å². The third-order valence-electron chi connectivity index (χ3n) is 4.01. The Labute approximate surface area is 156 Å². The van der Waals surface area contributed by atoms with E-state index >= 15 is 0 Å². The largest absolute Gasteiger partial charge is 0.486 e. The molecule has 2 heterocycles.